The molecule has 7 heteroatoms. The molecule has 0 aromatic heterocycles. The summed E-state index contributed by atoms with van der Waals surface area (Å²) in [6, 6.07) is 0. The molecular formula is C9H18F3N3O. The Labute approximate surface area is 92.7 Å². The number of nitrogens with one attached hydrogen (secondary N) is 1. The average molecular weight is 241 g/mol. The van der Waals surface area contributed by atoms with Crippen molar-refractivity contribution in [3.05, 3.63) is 0 Å². The van der Waals surface area contributed by atoms with Gasteiger partial charge in [-0.2, -0.15) is 13.2 Å². The number of likely N-dealkylation sites (N-methyl/N-ethyl adjacent to an activating group) is 1. The molecule has 0 aliphatic rings. The minimum absolute atomic E-state index is 0.0762. The predicted molar refractivity (Wildman–Crippen MR) is 55.3 cm³/mol. The monoisotopic (exact) mass is 241 g/mol. The SMILES string of the molecule is CN(CC(C(=N)N)C(F)(F)F)CC(C)(C)O. The van der Waals surface area contributed by atoms with Crippen molar-refractivity contribution in [1.29, 1.82) is 5.41 Å². The second kappa shape index (κ2) is 5.01. The van der Waals surface area contributed by atoms with Gasteiger partial charge in [-0.05, 0) is 20.9 Å². The Morgan fingerprint density at radius 3 is 2.12 bits per heavy atom. The lowest BCUT2D eigenvalue weighted by Crippen LogP contribution is -2.46. The van der Waals surface area contributed by atoms with Crippen LogP contribution in [0.3, 0.4) is 0 Å². The second-order valence-corrected chi connectivity index (χ2v) is 4.56. The molecule has 4 N–H and O–H groups in total. The predicted octanol–water partition coefficient (Wildman–Crippen LogP) is 0.804. The molecule has 0 fully saturated rings. The fourth-order valence-corrected chi connectivity index (χ4v) is 1.41. The minimum Gasteiger partial charge on any atom is -0.389 e. The highest BCUT2D eigenvalue weighted by atomic mass is 19.4. The molecule has 0 amide bonds. The first kappa shape index (κ1) is 15.2. The number of rotatable bonds is 5. The first-order chi connectivity index (χ1) is 6.93. The van der Waals surface area contributed by atoms with E-state index in [-0.39, 0.29) is 6.54 Å². The van der Waals surface area contributed by atoms with Crippen molar-refractivity contribution in [3.8, 4) is 0 Å². The van der Waals surface area contributed by atoms with Crippen LogP contribution >= 0.6 is 0 Å². The van der Waals surface area contributed by atoms with E-state index in [1.165, 1.54) is 25.8 Å². The van der Waals surface area contributed by atoms with Crippen LogP contribution in [0.15, 0.2) is 0 Å². The van der Waals surface area contributed by atoms with Gasteiger partial charge in [-0.3, -0.25) is 5.41 Å². The largest absolute Gasteiger partial charge is 0.399 e. The minimum atomic E-state index is -4.53. The van der Waals surface area contributed by atoms with Crippen LogP contribution in [0.2, 0.25) is 0 Å². The zero-order valence-corrected chi connectivity index (χ0v) is 9.60. The fraction of sp³-hybridized carbons (Fsp3) is 0.889. The van der Waals surface area contributed by atoms with Crippen LogP contribution in [-0.4, -0.2) is 47.8 Å². The molecule has 0 rings (SSSR count). The van der Waals surface area contributed by atoms with Crippen molar-refractivity contribution in [2.75, 3.05) is 20.1 Å². The third-order valence-corrected chi connectivity index (χ3v) is 1.92. The van der Waals surface area contributed by atoms with Crippen molar-refractivity contribution < 1.29 is 18.3 Å². The lowest BCUT2D eigenvalue weighted by atomic mass is 10.1. The van der Waals surface area contributed by atoms with Gasteiger partial charge >= 0.3 is 6.18 Å². The Bertz CT molecular complexity index is 247. The Morgan fingerprint density at radius 1 is 1.44 bits per heavy atom. The van der Waals surface area contributed by atoms with Crippen LogP contribution < -0.4 is 5.73 Å². The van der Waals surface area contributed by atoms with Gasteiger partial charge < -0.3 is 15.7 Å². The maximum absolute atomic E-state index is 12.5. The standard InChI is InChI=1S/C9H18F3N3O/c1-8(2,16)5-15(3)4-6(7(13)14)9(10,11)12/h6,16H,4-5H2,1-3H3,(H3,13,14). The molecule has 0 aliphatic carbocycles. The van der Waals surface area contributed by atoms with Gasteiger partial charge in [0.05, 0.1) is 5.60 Å². The smallest absolute Gasteiger partial charge is 0.389 e. The molecule has 1 unspecified atom stereocenters. The number of nitrogens with two attached hydrogens (primary N) is 1. The number of amidine groups is 1. The van der Waals surface area contributed by atoms with Gasteiger partial charge in [0, 0.05) is 13.1 Å². The van der Waals surface area contributed by atoms with Crippen molar-refractivity contribution >= 4 is 5.84 Å². The zero-order valence-electron chi connectivity index (χ0n) is 9.60. The highest BCUT2D eigenvalue weighted by Crippen LogP contribution is 2.26. The topological polar surface area (TPSA) is 73.3 Å². The number of hydrogen-bond acceptors (Lipinski definition) is 3. The summed E-state index contributed by atoms with van der Waals surface area (Å²) in [7, 11) is 1.44. The molecule has 0 aliphatic heterocycles. The van der Waals surface area contributed by atoms with Gasteiger partial charge in [-0.1, -0.05) is 0 Å². The molecular weight excluding hydrogens is 223 g/mol. The number of hydrogen-bond donors (Lipinski definition) is 3. The van der Waals surface area contributed by atoms with E-state index in [2.05, 4.69) is 0 Å². The van der Waals surface area contributed by atoms with Crippen molar-refractivity contribution in [2.45, 2.75) is 25.6 Å². The molecule has 0 heterocycles. The summed E-state index contributed by atoms with van der Waals surface area (Å²) in [6.45, 7) is 2.65. The van der Waals surface area contributed by atoms with E-state index >= 15 is 0 Å². The van der Waals surface area contributed by atoms with Gasteiger partial charge in [0.2, 0.25) is 0 Å². The number of aliphatic hydroxyl groups is 1. The number of nitrogens with zero attached hydrogens (tertiary/aromatic N) is 1. The maximum Gasteiger partial charge on any atom is 0.399 e. The van der Waals surface area contributed by atoms with Crippen molar-refractivity contribution in [2.24, 2.45) is 11.7 Å². The molecule has 1 atom stereocenters. The van der Waals surface area contributed by atoms with Crippen LogP contribution in [0.25, 0.3) is 0 Å². The van der Waals surface area contributed by atoms with Crippen molar-refractivity contribution in [1.82, 2.24) is 4.90 Å². The van der Waals surface area contributed by atoms with E-state index in [4.69, 9.17) is 11.1 Å². The molecule has 0 spiro atoms. The van der Waals surface area contributed by atoms with Crippen LogP contribution in [0, 0.1) is 11.3 Å². The maximum atomic E-state index is 12.5. The van der Waals surface area contributed by atoms with E-state index in [9.17, 15) is 18.3 Å². The van der Waals surface area contributed by atoms with Crippen LogP contribution in [-0.2, 0) is 0 Å². The Balaban J connectivity index is 4.49. The average Bonchev–Trinajstić information content (AvgIpc) is 1.93. The van der Waals surface area contributed by atoms with E-state index in [0.717, 1.165) is 0 Å². The van der Waals surface area contributed by atoms with Gasteiger partial charge in [-0.15, -0.1) is 0 Å². The van der Waals surface area contributed by atoms with Gasteiger partial charge in [0.1, 0.15) is 11.8 Å². The molecule has 0 radical (unpaired) electrons. The molecule has 0 bridgehead atoms. The molecule has 0 aromatic carbocycles. The molecule has 0 saturated heterocycles. The molecule has 96 valence electrons. The summed E-state index contributed by atoms with van der Waals surface area (Å²) in [5.74, 6) is -2.89. The van der Waals surface area contributed by atoms with Crippen LogP contribution in [0.5, 0.6) is 0 Å². The van der Waals surface area contributed by atoms with E-state index in [0.29, 0.717) is 0 Å². The lowest BCUT2D eigenvalue weighted by molar-refractivity contribution is -0.160. The summed E-state index contributed by atoms with van der Waals surface area (Å²) in [4.78, 5) is 1.31. The van der Waals surface area contributed by atoms with E-state index in [1.807, 2.05) is 0 Å². The third kappa shape index (κ3) is 5.92. The molecule has 16 heavy (non-hydrogen) atoms. The second-order valence-electron chi connectivity index (χ2n) is 4.56. The summed E-state index contributed by atoms with van der Waals surface area (Å²) >= 11 is 0. The molecule has 0 aromatic rings. The van der Waals surface area contributed by atoms with E-state index < -0.39 is 30.1 Å². The fourth-order valence-electron chi connectivity index (χ4n) is 1.41. The van der Waals surface area contributed by atoms with Gasteiger partial charge in [-0.25, -0.2) is 0 Å². The van der Waals surface area contributed by atoms with E-state index in [1.54, 1.807) is 0 Å². The Kier molecular flexibility index (Phi) is 4.75. The first-order valence-corrected chi connectivity index (χ1v) is 4.75. The third-order valence-electron chi connectivity index (χ3n) is 1.92. The number of halogens is 3. The summed E-state index contributed by atoms with van der Waals surface area (Å²) in [5, 5.41) is 16.3. The highest BCUT2D eigenvalue weighted by molar-refractivity contribution is 5.80. The quantitative estimate of drug-likeness (QED) is 0.492. The first-order valence-electron chi connectivity index (χ1n) is 4.75. The van der Waals surface area contributed by atoms with Crippen LogP contribution in [0.1, 0.15) is 13.8 Å². The lowest BCUT2D eigenvalue weighted by Gasteiger charge is -2.29. The molecule has 0 saturated carbocycles. The Morgan fingerprint density at radius 2 is 1.88 bits per heavy atom. The summed E-state index contributed by atoms with van der Waals surface area (Å²) < 4.78 is 37.4. The van der Waals surface area contributed by atoms with Gasteiger partial charge in [0.15, 0.2) is 0 Å². The zero-order chi connectivity index (χ0) is 13.1. The Hall–Kier alpha value is -0.820. The van der Waals surface area contributed by atoms with Crippen molar-refractivity contribution in [3.63, 3.8) is 0 Å². The van der Waals surface area contributed by atoms with Crippen LogP contribution in [0.4, 0.5) is 13.2 Å². The summed E-state index contributed by atoms with van der Waals surface area (Å²) in [5.41, 5.74) is 3.83. The summed E-state index contributed by atoms with van der Waals surface area (Å²) in [6.07, 6.45) is -4.53. The number of alkyl halides is 3. The molecule has 4 nitrogen and oxygen atoms in total. The highest BCUT2D eigenvalue weighted by Gasteiger charge is 2.42. The van der Waals surface area contributed by atoms with Gasteiger partial charge in [0.25, 0.3) is 0 Å². The normalized spacial score (nSPS) is 15.2.